The van der Waals surface area contributed by atoms with Crippen LogP contribution in [0, 0.1) is 0 Å². The number of rotatable bonds is 4. The molecule has 2 aliphatic rings. The van der Waals surface area contributed by atoms with Crippen LogP contribution in [-0.4, -0.2) is 62.8 Å². The molecule has 0 radical (unpaired) electrons. The number of para-hydroxylation sites is 2. The summed E-state index contributed by atoms with van der Waals surface area (Å²) in [5, 5.41) is 11.0. The number of aryl methyl sites for hydroxylation is 1. The molecule has 1 N–H and O–H groups in total. The summed E-state index contributed by atoms with van der Waals surface area (Å²) in [7, 11) is 2.08. The number of fused-ring (bicyclic) bond motifs is 1. The van der Waals surface area contributed by atoms with Gasteiger partial charge in [-0.2, -0.15) is 0 Å². The van der Waals surface area contributed by atoms with Crippen molar-refractivity contribution in [2.24, 2.45) is 7.05 Å². The summed E-state index contributed by atoms with van der Waals surface area (Å²) in [6.07, 6.45) is 4.76. The summed E-state index contributed by atoms with van der Waals surface area (Å²) >= 11 is 0. The third-order valence-electron chi connectivity index (χ3n) is 5.62. The number of nitrogens with zero attached hydrogens (tertiary/aromatic N) is 4. The molecule has 1 aromatic heterocycles. The van der Waals surface area contributed by atoms with Crippen LogP contribution in [-0.2, 0) is 13.6 Å². The molecule has 4 rings (SSSR count). The first-order valence-corrected chi connectivity index (χ1v) is 9.20. The number of hydrogen-bond acceptors (Lipinski definition) is 4. The number of likely N-dealkylation sites (tertiary alicyclic amines) is 2. The van der Waals surface area contributed by atoms with E-state index < -0.39 is 5.60 Å². The maximum Gasteiger partial charge on any atom is 0.123 e. The largest absolute Gasteiger partial charge is 0.387 e. The van der Waals surface area contributed by atoms with Crippen LogP contribution >= 0.6 is 0 Å². The van der Waals surface area contributed by atoms with Crippen LogP contribution in [0.1, 0.15) is 31.5 Å². The smallest absolute Gasteiger partial charge is 0.123 e. The summed E-state index contributed by atoms with van der Waals surface area (Å²) in [5.74, 6) is 1.08. The van der Waals surface area contributed by atoms with E-state index in [4.69, 9.17) is 4.98 Å². The fourth-order valence-electron chi connectivity index (χ4n) is 4.28. The normalized spacial score (nSPS) is 26.4. The van der Waals surface area contributed by atoms with Crippen LogP contribution in [0.3, 0.4) is 0 Å². The predicted octanol–water partition coefficient (Wildman–Crippen LogP) is 2.00. The first-order valence-electron chi connectivity index (χ1n) is 9.20. The van der Waals surface area contributed by atoms with E-state index in [-0.39, 0.29) is 0 Å². The second kappa shape index (κ2) is 6.47. The van der Waals surface area contributed by atoms with Crippen molar-refractivity contribution in [1.29, 1.82) is 0 Å². The molecule has 0 aliphatic carbocycles. The molecule has 0 unspecified atom stereocenters. The minimum atomic E-state index is -0.554. The number of imidazole rings is 1. The molecular weight excluding hydrogens is 300 g/mol. The van der Waals surface area contributed by atoms with Gasteiger partial charge in [0, 0.05) is 26.7 Å². The Labute approximate surface area is 143 Å². The lowest BCUT2D eigenvalue weighted by molar-refractivity contribution is 0.00615. The number of benzene rings is 1. The van der Waals surface area contributed by atoms with Crippen LogP contribution < -0.4 is 0 Å². The van der Waals surface area contributed by atoms with Gasteiger partial charge < -0.3 is 14.6 Å². The van der Waals surface area contributed by atoms with Gasteiger partial charge in [0.15, 0.2) is 0 Å². The van der Waals surface area contributed by atoms with Gasteiger partial charge in [0.05, 0.1) is 23.2 Å². The second-order valence-corrected chi connectivity index (χ2v) is 7.60. The van der Waals surface area contributed by atoms with Crippen LogP contribution in [0.2, 0.25) is 0 Å². The fraction of sp³-hybridized carbons (Fsp3) is 0.632. The van der Waals surface area contributed by atoms with Crippen molar-refractivity contribution >= 4 is 11.0 Å². The van der Waals surface area contributed by atoms with Gasteiger partial charge in [0.25, 0.3) is 0 Å². The highest BCUT2D eigenvalue weighted by molar-refractivity contribution is 5.75. The van der Waals surface area contributed by atoms with E-state index in [2.05, 4.69) is 39.6 Å². The van der Waals surface area contributed by atoms with E-state index in [1.165, 1.54) is 24.8 Å². The molecule has 0 amide bonds. The topological polar surface area (TPSA) is 44.5 Å². The molecule has 0 bridgehead atoms. The third-order valence-corrected chi connectivity index (χ3v) is 5.62. The summed E-state index contributed by atoms with van der Waals surface area (Å²) < 4.78 is 2.18. The van der Waals surface area contributed by atoms with Crippen molar-refractivity contribution in [2.75, 3.05) is 32.7 Å². The first-order chi connectivity index (χ1) is 11.6. The Hall–Kier alpha value is -1.43. The second-order valence-electron chi connectivity index (χ2n) is 7.60. The van der Waals surface area contributed by atoms with Crippen molar-refractivity contribution in [3.05, 3.63) is 30.1 Å². The van der Waals surface area contributed by atoms with Gasteiger partial charge in [-0.3, -0.25) is 4.90 Å². The van der Waals surface area contributed by atoms with Crippen LogP contribution in [0.5, 0.6) is 0 Å². The predicted molar refractivity (Wildman–Crippen MR) is 95.8 cm³/mol. The Balaban J connectivity index is 1.41. The van der Waals surface area contributed by atoms with Gasteiger partial charge in [-0.1, -0.05) is 18.6 Å². The summed E-state index contributed by atoms with van der Waals surface area (Å²) in [6.45, 7) is 5.64. The molecule has 2 saturated heterocycles. The molecule has 1 atom stereocenters. The van der Waals surface area contributed by atoms with E-state index in [0.717, 1.165) is 57.0 Å². The van der Waals surface area contributed by atoms with Crippen LogP contribution in [0.4, 0.5) is 0 Å². The highest BCUT2D eigenvalue weighted by Gasteiger charge is 2.38. The molecule has 0 spiro atoms. The van der Waals surface area contributed by atoms with Crippen LogP contribution in [0.15, 0.2) is 24.3 Å². The lowest BCUT2D eigenvalue weighted by Gasteiger charge is -2.33. The fourth-order valence-corrected chi connectivity index (χ4v) is 4.28. The molecule has 24 heavy (non-hydrogen) atoms. The van der Waals surface area contributed by atoms with Crippen molar-refractivity contribution in [2.45, 2.75) is 37.8 Å². The van der Waals surface area contributed by atoms with Gasteiger partial charge in [0.1, 0.15) is 5.82 Å². The zero-order valence-corrected chi connectivity index (χ0v) is 14.6. The van der Waals surface area contributed by atoms with Gasteiger partial charge in [-0.15, -0.1) is 0 Å². The Kier molecular flexibility index (Phi) is 4.33. The molecule has 2 aromatic rings. The van der Waals surface area contributed by atoms with Gasteiger partial charge >= 0.3 is 0 Å². The van der Waals surface area contributed by atoms with Crippen molar-refractivity contribution < 1.29 is 5.11 Å². The number of aliphatic hydroxyl groups is 1. The lowest BCUT2D eigenvalue weighted by Crippen LogP contribution is -2.46. The summed E-state index contributed by atoms with van der Waals surface area (Å²) in [5.41, 5.74) is 1.68. The SMILES string of the molecule is Cn1c(CN2CC[C@@](O)(CN3CCCCC3)C2)nc2ccccc21. The molecule has 0 saturated carbocycles. The van der Waals surface area contributed by atoms with E-state index in [0.29, 0.717) is 0 Å². The highest BCUT2D eigenvalue weighted by Crippen LogP contribution is 2.26. The van der Waals surface area contributed by atoms with Crippen molar-refractivity contribution in [1.82, 2.24) is 19.4 Å². The van der Waals surface area contributed by atoms with E-state index in [1.54, 1.807) is 0 Å². The van der Waals surface area contributed by atoms with Crippen LogP contribution in [0.25, 0.3) is 11.0 Å². The maximum absolute atomic E-state index is 11.0. The van der Waals surface area contributed by atoms with E-state index in [1.807, 2.05) is 6.07 Å². The van der Waals surface area contributed by atoms with Crippen molar-refractivity contribution in [3.63, 3.8) is 0 Å². The van der Waals surface area contributed by atoms with E-state index >= 15 is 0 Å². The van der Waals surface area contributed by atoms with Gasteiger partial charge in [-0.25, -0.2) is 4.98 Å². The van der Waals surface area contributed by atoms with Gasteiger partial charge in [0.2, 0.25) is 0 Å². The van der Waals surface area contributed by atoms with E-state index in [9.17, 15) is 5.11 Å². The Morgan fingerprint density at radius 1 is 1.08 bits per heavy atom. The molecule has 5 nitrogen and oxygen atoms in total. The molecule has 3 heterocycles. The number of β-amino-alcohol motifs (C(OH)–C–C–N with tert-alkyl or cyclic N) is 1. The lowest BCUT2D eigenvalue weighted by atomic mass is 10.0. The minimum absolute atomic E-state index is 0.554. The number of hydrogen-bond donors (Lipinski definition) is 1. The zero-order chi connectivity index (χ0) is 16.6. The number of piperidine rings is 1. The molecular formula is C19H28N4O. The monoisotopic (exact) mass is 328 g/mol. The first kappa shape index (κ1) is 16.1. The third kappa shape index (κ3) is 3.21. The Morgan fingerprint density at radius 3 is 2.67 bits per heavy atom. The minimum Gasteiger partial charge on any atom is -0.387 e. The number of aromatic nitrogens is 2. The summed E-state index contributed by atoms with van der Waals surface area (Å²) in [6, 6.07) is 8.27. The molecule has 2 fully saturated rings. The van der Waals surface area contributed by atoms with Crippen molar-refractivity contribution in [3.8, 4) is 0 Å². The molecule has 130 valence electrons. The molecule has 2 aliphatic heterocycles. The average molecular weight is 328 g/mol. The Bertz CT molecular complexity index is 706. The molecule has 1 aromatic carbocycles. The highest BCUT2D eigenvalue weighted by atomic mass is 16.3. The average Bonchev–Trinajstić information content (AvgIpc) is 3.10. The standard InChI is InChI=1S/C19H28N4O/c1-21-17-8-4-3-7-16(17)20-18(21)13-23-12-9-19(24,15-23)14-22-10-5-2-6-11-22/h3-4,7-8,24H,2,5-6,9-15H2,1H3/t19-/m1/s1. The van der Waals surface area contributed by atoms with Gasteiger partial charge in [-0.05, 0) is 44.5 Å². The maximum atomic E-state index is 11.0. The summed E-state index contributed by atoms with van der Waals surface area (Å²) in [4.78, 5) is 9.57. The quantitative estimate of drug-likeness (QED) is 0.932. The molecule has 5 heteroatoms. The Morgan fingerprint density at radius 2 is 1.88 bits per heavy atom. The zero-order valence-electron chi connectivity index (χ0n) is 14.6.